The van der Waals surface area contributed by atoms with Crippen LogP contribution in [0, 0.1) is 6.92 Å². The molecule has 0 atom stereocenters. The molecular weight excluding hydrogens is 459 g/mol. The summed E-state index contributed by atoms with van der Waals surface area (Å²) in [7, 11) is 0. The molecule has 31 heavy (non-hydrogen) atoms. The second kappa shape index (κ2) is 9.23. The first-order valence-corrected chi connectivity index (χ1v) is 10.6. The second-order valence-corrected chi connectivity index (χ2v) is 8.08. The molecule has 0 radical (unpaired) electrons. The van der Waals surface area contributed by atoms with Crippen molar-refractivity contribution < 1.29 is 13.9 Å². The van der Waals surface area contributed by atoms with Crippen LogP contribution >= 0.6 is 34.8 Å². The van der Waals surface area contributed by atoms with Crippen LogP contribution in [-0.2, 0) is 13.2 Å². The lowest BCUT2D eigenvalue weighted by molar-refractivity contribution is 0.292. The summed E-state index contributed by atoms with van der Waals surface area (Å²) in [5.41, 5.74) is 1.92. The van der Waals surface area contributed by atoms with Crippen LogP contribution in [0.15, 0.2) is 69.9 Å². The van der Waals surface area contributed by atoms with E-state index in [1.165, 1.54) is 0 Å². The summed E-state index contributed by atoms with van der Waals surface area (Å²) in [6.45, 7) is 2.21. The summed E-state index contributed by atoms with van der Waals surface area (Å²) >= 11 is 18.6. The highest BCUT2D eigenvalue weighted by atomic mass is 35.5. The summed E-state index contributed by atoms with van der Waals surface area (Å²) in [5.74, 6) is 0.932. The minimum absolute atomic E-state index is 0.0137. The molecule has 0 aliphatic heterocycles. The molecule has 1 heterocycles. The molecule has 158 valence electrons. The van der Waals surface area contributed by atoms with Crippen LogP contribution in [0.3, 0.4) is 0 Å². The van der Waals surface area contributed by atoms with E-state index in [2.05, 4.69) is 0 Å². The summed E-state index contributed by atoms with van der Waals surface area (Å²) < 4.78 is 17.4. The van der Waals surface area contributed by atoms with Crippen molar-refractivity contribution in [3.8, 4) is 11.5 Å². The van der Waals surface area contributed by atoms with Gasteiger partial charge >= 0.3 is 5.63 Å². The minimum atomic E-state index is -0.619. The van der Waals surface area contributed by atoms with Crippen molar-refractivity contribution >= 4 is 45.8 Å². The van der Waals surface area contributed by atoms with Gasteiger partial charge in [0, 0.05) is 33.3 Å². The molecule has 0 spiro atoms. The van der Waals surface area contributed by atoms with Gasteiger partial charge in [0.25, 0.3) is 0 Å². The Bertz CT molecular complexity index is 1310. The molecule has 4 rings (SSSR count). The van der Waals surface area contributed by atoms with E-state index in [4.69, 9.17) is 48.7 Å². The number of ether oxygens (including phenoxy) is 2. The molecule has 4 nitrogen and oxygen atoms in total. The molecule has 0 N–H and O–H groups in total. The third kappa shape index (κ3) is 4.67. The van der Waals surface area contributed by atoms with Crippen LogP contribution in [0.5, 0.6) is 11.5 Å². The molecule has 0 saturated heterocycles. The smallest absolute Gasteiger partial charge is 0.355 e. The maximum Gasteiger partial charge on any atom is 0.355 e. The maximum absolute atomic E-state index is 12.1. The predicted octanol–water partition coefficient (Wildman–Crippen LogP) is 7.22. The van der Waals surface area contributed by atoms with Gasteiger partial charge in [-0.1, -0.05) is 71.2 Å². The van der Waals surface area contributed by atoms with Crippen molar-refractivity contribution in [2.75, 3.05) is 0 Å². The first kappa shape index (κ1) is 21.6. The number of halogens is 3. The van der Waals surface area contributed by atoms with Crippen molar-refractivity contribution in [1.29, 1.82) is 0 Å². The second-order valence-electron chi connectivity index (χ2n) is 6.88. The number of hydrogen-bond donors (Lipinski definition) is 0. The highest BCUT2D eigenvalue weighted by Gasteiger charge is 2.17. The summed E-state index contributed by atoms with van der Waals surface area (Å²) in [4.78, 5) is 12.1. The van der Waals surface area contributed by atoms with E-state index in [1.807, 2.05) is 36.4 Å². The monoisotopic (exact) mass is 474 g/mol. The average molecular weight is 476 g/mol. The van der Waals surface area contributed by atoms with Gasteiger partial charge in [-0.3, -0.25) is 0 Å². The Morgan fingerprint density at radius 3 is 2.03 bits per heavy atom. The van der Waals surface area contributed by atoms with Gasteiger partial charge in [0.15, 0.2) is 0 Å². The highest BCUT2D eigenvalue weighted by molar-refractivity contribution is 6.32. The number of fused-ring (bicyclic) bond motifs is 1. The van der Waals surface area contributed by atoms with Crippen molar-refractivity contribution in [1.82, 2.24) is 0 Å². The molecule has 1 aromatic heterocycles. The number of rotatable bonds is 6. The number of aryl methyl sites for hydroxylation is 1. The summed E-state index contributed by atoms with van der Waals surface area (Å²) in [5, 5.41) is 1.81. The van der Waals surface area contributed by atoms with E-state index in [0.717, 1.165) is 11.1 Å². The fourth-order valence-corrected chi connectivity index (χ4v) is 3.68. The van der Waals surface area contributed by atoms with Gasteiger partial charge in [0.2, 0.25) is 0 Å². The first-order valence-electron chi connectivity index (χ1n) is 9.43. The highest BCUT2D eigenvalue weighted by Crippen LogP contribution is 2.36. The van der Waals surface area contributed by atoms with Crippen LogP contribution < -0.4 is 15.1 Å². The van der Waals surface area contributed by atoms with Crippen LogP contribution in [0.4, 0.5) is 0 Å². The third-order valence-electron chi connectivity index (χ3n) is 4.82. The lowest BCUT2D eigenvalue weighted by Gasteiger charge is -2.15. The Kier molecular flexibility index (Phi) is 6.42. The maximum atomic E-state index is 12.1. The van der Waals surface area contributed by atoms with E-state index in [-0.39, 0.29) is 18.2 Å². The molecule has 0 saturated carbocycles. The summed E-state index contributed by atoms with van der Waals surface area (Å²) in [6.07, 6.45) is 0. The molecular formula is C24H17Cl3O4. The van der Waals surface area contributed by atoms with Gasteiger partial charge < -0.3 is 13.9 Å². The average Bonchev–Trinajstić information content (AvgIpc) is 2.76. The molecule has 0 aliphatic rings. The largest absolute Gasteiger partial charge is 0.489 e. The van der Waals surface area contributed by atoms with Crippen LogP contribution in [0.25, 0.3) is 11.0 Å². The van der Waals surface area contributed by atoms with Gasteiger partial charge in [0.05, 0.1) is 5.39 Å². The molecule has 7 heteroatoms. The van der Waals surface area contributed by atoms with E-state index < -0.39 is 5.63 Å². The van der Waals surface area contributed by atoms with E-state index in [9.17, 15) is 4.79 Å². The fraction of sp³-hybridized carbons (Fsp3) is 0.125. The number of hydrogen-bond acceptors (Lipinski definition) is 4. The Labute approximate surface area is 193 Å². The Balaban J connectivity index is 1.72. The zero-order chi connectivity index (χ0) is 22.0. The Morgan fingerprint density at radius 2 is 1.42 bits per heavy atom. The molecule has 4 aromatic rings. The van der Waals surface area contributed by atoms with Gasteiger partial charge in [-0.2, -0.15) is 0 Å². The topological polar surface area (TPSA) is 48.7 Å². The molecule has 3 aromatic carbocycles. The lowest BCUT2D eigenvalue weighted by Crippen LogP contribution is -2.05. The predicted molar refractivity (Wildman–Crippen MR) is 124 cm³/mol. The first-order chi connectivity index (χ1) is 14.9. The molecule has 0 aliphatic carbocycles. The normalized spacial score (nSPS) is 11.0. The van der Waals surface area contributed by atoms with Gasteiger partial charge in [0.1, 0.15) is 35.3 Å². The number of benzene rings is 3. The van der Waals surface area contributed by atoms with Gasteiger partial charge in [-0.25, -0.2) is 4.79 Å². The molecule has 0 bridgehead atoms. The van der Waals surface area contributed by atoms with Crippen molar-refractivity contribution in [2.45, 2.75) is 20.1 Å². The zero-order valence-corrected chi connectivity index (χ0v) is 18.7. The quantitative estimate of drug-likeness (QED) is 0.276. The van der Waals surface area contributed by atoms with Crippen molar-refractivity contribution in [3.05, 3.63) is 103 Å². The third-order valence-corrected chi connectivity index (χ3v) is 5.99. The SMILES string of the molecule is Cc1c(Cl)c(=O)oc2cc(OCc3ccccc3Cl)cc(OCc3ccccc3Cl)c12. The lowest BCUT2D eigenvalue weighted by atomic mass is 10.1. The van der Waals surface area contributed by atoms with E-state index in [1.54, 1.807) is 31.2 Å². The van der Waals surface area contributed by atoms with Crippen LogP contribution in [0.1, 0.15) is 16.7 Å². The van der Waals surface area contributed by atoms with Crippen LogP contribution in [0.2, 0.25) is 15.1 Å². The Morgan fingerprint density at radius 1 is 0.839 bits per heavy atom. The molecule has 0 amide bonds. The Hall–Kier alpha value is -2.66. The van der Waals surface area contributed by atoms with Gasteiger partial charge in [-0.15, -0.1) is 0 Å². The standard InChI is InChI=1S/C24H17Cl3O4/c1-14-22-20(30-13-16-7-3-5-9-19(16)26)10-17(11-21(22)31-24(28)23(14)27)29-12-15-6-2-4-8-18(15)25/h2-11H,12-13H2,1H3. The minimum Gasteiger partial charge on any atom is -0.489 e. The summed E-state index contributed by atoms with van der Waals surface area (Å²) in [6, 6.07) is 18.2. The van der Waals surface area contributed by atoms with Crippen LogP contribution in [-0.4, -0.2) is 0 Å². The molecule has 0 fully saturated rings. The van der Waals surface area contributed by atoms with Crippen molar-refractivity contribution in [2.24, 2.45) is 0 Å². The van der Waals surface area contributed by atoms with Crippen molar-refractivity contribution in [3.63, 3.8) is 0 Å². The van der Waals surface area contributed by atoms with E-state index in [0.29, 0.717) is 38.1 Å². The van der Waals surface area contributed by atoms with E-state index >= 15 is 0 Å². The zero-order valence-electron chi connectivity index (χ0n) is 16.5. The van der Waals surface area contributed by atoms with Gasteiger partial charge in [-0.05, 0) is 24.6 Å². The molecule has 0 unspecified atom stereocenters. The fourth-order valence-electron chi connectivity index (χ4n) is 3.17.